The molecule has 1 fully saturated rings. The average Bonchev–Trinajstić information content (AvgIpc) is 3.14. The number of pyridine rings is 1. The van der Waals surface area contributed by atoms with Crippen molar-refractivity contribution in [2.75, 3.05) is 18.8 Å². The second-order valence-corrected chi connectivity index (χ2v) is 6.78. The summed E-state index contributed by atoms with van der Waals surface area (Å²) < 4.78 is 15.0. The van der Waals surface area contributed by atoms with E-state index in [1.807, 2.05) is 19.1 Å². The number of nitrogen functional groups attached to an aromatic ring is 1. The largest absolute Gasteiger partial charge is 0.382 e. The number of hydrogen-bond donors (Lipinski definition) is 1. The van der Waals surface area contributed by atoms with Crippen molar-refractivity contribution in [1.29, 1.82) is 0 Å². The van der Waals surface area contributed by atoms with Crippen LogP contribution in [0.1, 0.15) is 29.0 Å². The van der Waals surface area contributed by atoms with Crippen molar-refractivity contribution in [3.63, 3.8) is 0 Å². The molecule has 3 aromatic heterocycles. The number of aryl methyl sites for hydroxylation is 1. The third-order valence-electron chi connectivity index (χ3n) is 4.71. The molecule has 4 heterocycles. The van der Waals surface area contributed by atoms with Crippen LogP contribution in [0.15, 0.2) is 36.8 Å². The van der Waals surface area contributed by atoms with Crippen molar-refractivity contribution in [3.05, 3.63) is 48.2 Å². The Morgan fingerprint density at radius 1 is 1.14 bits per heavy atom. The Morgan fingerprint density at radius 3 is 2.57 bits per heavy atom. The molecule has 1 amide bonds. The molecule has 144 valence electrons. The first kappa shape index (κ1) is 18.0. The maximum atomic E-state index is 13.4. The van der Waals surface area contributed by atoms with E-state index >= 15 is 0 Å². The van der Waals surface area contributed by atoms with Crippen molar-refractivity contribution < 1.29 is 9.18 Å². The molecule has 9 heteroatoms. The van der Waals surface area contributed by atoms with Crippen LogP contribution in [-0.4, -0.2) is 54.8 Å². The third kappa shape index (κ3) is 3.55. The number of nitrogens with zero attached hydrogens (tertiary/aromatic N) is 6. The van der Waals surface area contributed by atoms with E-state index < -0.39 is 6.17 Å². The van der Waals surface area contributed by atoms with Crippen LogP contribution in [0.5, 0.6) is 0 Å². The molecule has 0 unspecified atom stereocenters. The van der Waals surface area contributed by atoms with E-state index in [2.05, 4.69) is 20.1 Å². The van der Waals surface area contributed by atoms with E-state index in [-0.39, 0.29) is 11.6 Å². The van der Waals surface area contributed by atoms with Gasteiger partial charge in [0.05, 0.1) is 30.0 Å². The Balaban J connectivity index is 1.74. The lowest BCUT2D eigenvalue weighted by Crippen LogP contribution is -2.39. The Bertz CT molecular complexity index is 914. The van der Waals surface area contributed by atoms with Gasteiger partial charge in [-0.2, -0.15) is 5.10 Å². The van der Waals surface area contributed by atoms with Gasteiger partial charge in [0.2, 0.25) is 0 Å². The molecule has 1 aliphatic rings. The summed E-state index contributed by atoms with van der Waals surface area (Å²) in [6.07, 6.45) is 4.52. The van der Waals surface area contributed by atoms with E-state index in [9.17, 15) is 9.18 Å². The number of aromatic nitrogens is 5. The van der Waals surface area contributed by atoms with Gasteiger partial charge in [0.15, 0.2) is 5.69 Å². The van der Waals surface area contributed by atoms with Crippen LogP contribution >= 0.6 is 0 Å². The minimum Gasteiger partial charge on any atom is -0.382 e. The Labute approximate surface area is 161 Å². The first-order chi connectivity index (χ1) is 13.5. The Morgan fingerprint density at radius 2 is 1.93 bits per heavy atom. The molecule has 0 saturated carbocycles. The van der Waals surface area contributed by atoms with Crippen molar-refractivity contribution in [1.82, 2.24) is 29.6 Å². The summed E-state index contributed by atoms with van der Waals surface area (Å²) in [6, 6.07) is 5.40. The van der Waals surface area contributed by atoms with Crippen LogP contribution < -0.4 is 5.73 Å². The second kappa shape index (κ2) is 7.34. The number of carbonyl (C=O) groups excluding carboxylic acids is 1. The third-order valence-corrected chi connectivity index (χ3v) is 4.71. The molecular weight excluding hydrogens is 361 g/mol. The number of rotatable bonds is 3. The molecule has 0 bridgehead atoms. The molecular formula is C19H20FN7O. The summed E-state index contributed by atoms with van der Waals surface area (Å²) in [5, 5.41) is 4.50. The van der Waals surface area contributed by atoms with E-state index in [1.165, 1.54) is 12.4 Å². The fourth-order valence-electron chi connectivity index (χ4n) is 3.13. The molecule has 1 saturated heterocycles. The lowest BCUT2D eigenvalue weighted by Gasteiger charge is -2.27. The van der Waals surface area contributed by atoms with Crippen LogP contribution in [0, 0.1) is 6.92 Å². The van der Waals surface area contributed by atoms with Gasteiger partial charge in [0.25, 0.3) is 5.91 Å². The normalized spacial score (nSPS) is 15.0. The van der Waals surface area contributed by atoms with Crippen LogP contribution in [0.4, 0.5) is 10.2 Å². The number of halogens is 1. The summed E-state index contributed by atoms with van der Waals surface area (Å²) >= 11 is 0. The topological polar surface area (TPSA) is 103 Å². The van der Waals surface area contributed by atoms with Crippen molar-refractivity contribution in [3.8, 4) is 17.1 Å². The minimum absolute atomic E-state index is 0.227. The molecule has 0 aromatic carbocycles. The number of anilines is 1. The number of carbonyl (C=O) groups is 1. The van der Waals surface area contributed by atoms with E-state index in [0.717, 1.165) is 5.69 Å². The van der Waals surface area contributed by atoms with Crippen LogP contribution in [0.2, 0.25) is 0 Å². The second-order valence-electron chi connectivity index (χ2n) is 6.78. The highest BCUT2D eigenvalue weighted by atomic mass is 19.1. The van der Waals surface area contributed by atoms with Gasteiger partial charge in [0, 0.05) is 18.8 Å². The molecule has 1 aliphatic heterocycles. The lowest BCUT2D eigenvalue weighted by molar-refractivity contribution is 0.0660. The number of hydrogen-bond acceptors (Lipinski definition) is 6. The summed E-state index contributed by atoms with van der Waals surface area (Å²) in [6.45, 7) is 2.66. The van der Waals surface area contributed by atoms with Crippen molar-refractivity contribution in [2.45, 2.75) is 25.9 Å². The number of likely N-dealkylation sites (tertiary alicyclic amines) is 1. The highest BCUT2D eigenvalue weighted by molar-refractivity contribution is 5.93. The zero-order chi connectivity index (χ0) is 19.7. The van der Waals surface area contributed by atoms with Gasteiger partial charge in [0.1, 0.15) is 17.7 Å². The SMILES string of the molecule is Cc1ccc(-n2nc(C(=O)N3CCC(F)CC3)cc2-c2cnc(N)cn2)cn1. The molecule has 0 radical (unpaired) electrons. The molecule has 3 aromatic rings. The number of amides is 1. The van der Waals surface area contributed by atoms with Gasteiger partial charge < -0.3 is 10.6 Å². The summed E-state index contributed by atoms with van der Waals surface area (Å²) in [4.78, 5) is 27.2. The van der Waals surface area contributed by atoms with Gasteiger partial charge in [-0.05, 0) is 38.0 Å². The summed E-state index contributed by atoms with van der Waals surface area (Å²) in [7, 11) is 0. The van der Waals surface area contributed by atoms with Gasteiger partial charge >= 0.3 is 0 Å². The van der Waals surface area contributed by atoms with Gasteiger partial charge in [-0.3, -0.25) is 9.78 Å². The average molecular weight is 381 g/mol. The summed E-state index contributed by atoms with van der Waals surface area (Å²) in [5.41, 5.74) is 8.60. The highest BCUT2D eigenvalue weighted by Crippen LogP contribution is 2.24. The molecule has 8 nitrogen and oxygen atoms in total. The first-order valence-corrected chi connectivity index (χ1v) is 9.05. The van der Waals surface area contributed by atoms with Crippen LogP contribution in [0.25, 0.3) is 17.1 Å². The highest BCUT2D eigenvalue weighted by Gasteiger charge is 2.26. The maximum Gasteiger partial charge on any atom is 0.274 e. The standard InChI is InChI=1S/C19H20FN7O/c1-12-2-3-14(9-22-12)27-17(16-10-24-18(21)11-23-16)8-15(25-27)19(28)26-6-4-13(20)5-7-26/h2-3,8-11,13H,4-7H2,1H3,(H2,21,24). The molecule has 0 atom stereocenters. The van der Waals surface area contributed by atoms with Gasteiger partial charge in [-0.15, -0.1) is 0 Å². The number of nitrogens with two attached hydrogens (primary N) is 1. The van der Waals surface area contributed by atoms with Crippen LogP contribution in [0.3, 0.4) is 0 Å². The van der Waals surface area contributed by atoms with E-state index in [4.69, 9.17) is 5.73 Å². The molecule has 2 N–H and O–H groups in total. The zero-order valence-electron chi connectivity index (χ0n) is 15.4. The van der Waals surface area contributed by atoms with E-state index in [1.54, 1.807) is 21.8 Å². The molecule has 4 rings (SSSR count). The monoisotopic (exact) mass is 381 g/mol. The predicted molar refractivity (Wildman–Crippen MR) is 102 cm³/mol. The van der Waals surface area contributed by atoms with Crippen molar-refractivity contribution >= 4 is 11.7 Å². The molecule has 0 spiro atoms. The number of alkyl halides is 1. The van der Waals surface area contributed by atoms with Crippen molar-refractivity contribution in [2.24, 2.45) is 0 Å². The minimum atomic E-state index is -0.846. The molecule has 28 heavy (non-hydrogen) atoms. The zero-order valence-corrected chi connectivity index (χ0v) is 15.4. The fraction of sp³-hybridized carbons (Fsp3) is 0.316. The lowest BCUT2D eigenvalue weighted by atomic mass is 10.1. The maximum absolute atomic E-state index is 13.4. The molecule has 0 aliphatic carbocycles. The van der Waals surface area contributed by atoms with Crippen LogP contribution in [-0.2, 0) is 0 Å². The Hall–Kier alpha value is -3.36. The smallest absolute Gasteiger partial charge is 0.274 e. The fourth-order valence-corrected chi connectivity index (χ4v) is 3.13. The first-order valence-electron chi connectivity index (χ1n) is 9.05. The Kier molecular flexibility index (Phi) is 4.72. The van der Waals surface area contributed by atoms with Gasteiger partial charge in [-0.25, -0.2) is 19.0 Å². The quantitative estimate of drug-likeness (QED) is 0.746. The predicted octanol–water partition coefficient (Wildman–Crippen LogP) is 2.19. The summed E-state index contributed by atoms with van der Waals surface area (Å²) in [5.74, 6) is 0.0765. The van der Waals surface area contributed by atoms with Gasteiger partial charge in [-0.1, -0.05) is 0 Å². The number of piperidine rings is 1. The van der Waals surface area contributed by atoms with E-state index in [0.29, 0.717) is 48.8 Å².